The maximum Gasteiger partial charge on any atom is 0.0625 e. The lowest BCUT2D eigenvalue weighted by molar-refractivity contribution is 1.05. The molecule has 0 amide bonds. The Bertz CT molecular complexity index is 513. The van der Waals surface area contributed by atoms with Crippen molar-refractivity contribution in [2.75, 3.05) is 4.90 Å². The van der Waals surface area contributed by atoms with Crippen molar-refractivity contribution in [1.29, 1.82) is 5.26 Å². The van der Waals surface area contributed by atoms with Gasteiger partial charge in [-0.2, -0.15) is 5.26 Å². The highest BCUT2D eigenvalue weighted by Gasteiger charge is 2.04. The zero-order valence-corrected chi connectivity index (χ0v) is 10.7. The van der Waals surface area contributed by atoms with Gasteiger partial charge in [-0.15, -0.1) is 0 Å². The van der Waals surface area contributed by atoms with Gasteiger partial charge in [-0.25, -0.2) is 0 Å². The molecule has 0 heterocycles. The molecule has 0 unspecified atom stereocenters. The second kappa shape index (κ2) is 7.03. The van der Waals surface area contributed by atoms with Gasteiger partial charge in [0.2, 0.25) is 0 Å². The summed E-state index contributed by atoms with van der Waals surface area (Å²) in [6.45, 7) is 0. The van der Waals surface area contributed by atoms with Gasteiger partial charge in [-0.3, -0.25) is 0 Å². The lowest BCUT2D eigenvalue weighted by Crippen LogP contribution is -2.07. The van der Waals surface area contributed by atoms with Gasteiger partial charge in [0.15, 0.2) is 0 Å². The van der Waals surface area contributed by atoms with Gasteiger partial charge >= 0.3 is 0 Å². The molecule has 2 rings (SSSR count). The molecule has 0 spiro atoms. The van der Waals surface area contributed by atoms with Crippen LogP contribution in [0.4, 0.5) is 11.4 Å². The maximum absolute atomic E-state index is 8.57. The molecule has 2 aromatic carbocycles. The first kappa shape index (κ1) is 12.9. The molecule has 0 saturated carbocycles. The van der Waals surface area contributed by atoms with Crippen molar-refractivity contribution in [3.63, 3.8) is 0 Å². The fourth-order valence-corrected chi connectivity index (χ4v) is 1.83. The number of allylic oxidation sites excluding steroid dienone is 1. The van der Waals surface area contributed by atoms with Crippen LogP contribution in [-0.2, 0) is 0 Å². The molecule has 0 aliphatic carbocycles. The average Bonchev–Trinajstić information content (AvgIpc) is 2.49. The van der Waals surface area contributed by atoms with Crippen LogP contribution in [-0.4, -0.2) is 0 Å². The molecule has 0 fully saturated rings. The van der Waals surface area contributed by atoms with E-state index in [-0.39, 0.29) is 0 Å². The van der Waals surface area contributed by atoms with Crippen LogP contribution in [0.3, 0.4) is 0 Å². The topological polar surface area (TPSA) is 27.0 Å². The number of anilines is 2. The number of hydrogen-bond acceptors (Lipinski definition) is 2. The minimum absolute atomic E-state index is 0.550. The van der Waals surface area contributed by atoms with Crippen LogP contribution in [0.5, 0.6) is 0 Å². The van der Waals surface area contributed by atoms with Crippen molar-refractivity contribution in [3.8, 4) is 6.07 Å². The van der Waals surface area contributed by atoms with Crippen LogP contribution < -0.4 is 4.90 Å². The Hall–Kier alpha value is -2.53. The van der Waals surface area contributed by atoms with Crippen LogP contribution in [0.1, 0.15) is 12.8 Å². The highest BCUT2D eigenvalue weighted by atomic mass is 15.1. The molecule has 0 N–H and O–H groups in total. The highest BCUT2D eigenvalue weighted by Crippen LogP contribution is 2.25. The predicted octanol–water partition coefficient (Wildman–Crippen LogP) is 4.64. The Kier molecular flexibility index (Phi) is 4.78. The second-order valence-electron chi connectivity index (χ2n) is 4.12. The first-order valence-electron chi connectivity index (χ1n) is 6.35. The summed E-state index contributed by atoms with van der Waals surface area (Å²) >= 11 is 0. The summed E-state index contributed by atoms with van der Waals surface area (Å²) in [5, 5.41) is 8.57. The minimum atomic E-state index is 0.550. The van der Waals surface area contributed by atoms with E-state index >= 15 is 0 Å². The maximum atomic E-state index is 8.57. The number of unbranched alkanes of at least 4 members (excludes halogenated alkanes) is 1. The first-order valence-corrected chi connectivity index (χ1v) is 6.35. The second-order valence-corrected chi connectivity index (χ2v) is 4.12. The van der Waals surface area contributed by atoms with E-state index in [1.165, 1.54) is 0 Å². The largest absolute Gasteiger partial charge is 0.318 e. The van der Waals surface area contributed by atoms with Crippen molar-refractivity contribution in [2.24, 2.45) is 0 Å². The van der Waals surface area contributed by atoms with Gasteiger partial charge in [-0.1, -0.05) is 42.5 Å². The third kappa shape index (κ3) is 3.72. The summed E-state index contributed by atoms with van der Waals surface area (Å²) in [6, 6.07) is 22.5. The number of hydrogen-bond donors (Lipinski definition) is 0. The molecule has 0 aromatic heterocycles. The zero-order valence-electron chi connectivity index (χ0n) is 10.7. The van der Waals surface area contributed by atoms with Gasteiger partial charge in [0, 0.05) is 24.0 Å². The summed E-state index contributed by atoms with van der Waals surface area (Å²) < 4.78 is 0. The summed E-state index contributed by atoms with van der Waals surface area (Å²) in [6.07, 6.45) is 5.38. The summed E-state index contributed by atoms with van der Waals surface area (Å²) in [4.78, 5) is 2.12. The lowest BCUT2D eigenvalue weighted by Gasteiger charge is -2.20. The standard InChI is InChI=1S/C17H16N2/c18-14-8-3-9-15-19(16-10-4-1-5-11-16)17-12-6-2-7-13-17/h1-2,4-7,9-13,15H,3,8H2. The number of benzene rings is 2. The Morgan fingerprint density at radius 3 is 1.89 bits per heavy atom. The van der Waals surface area contributed by atoms with Crippen LogP contribution >= 0.6 is 0 Å². The van der Waals surface area contributed by atoms with E-state index in [1.54, 1.807) is 0 Å². The number of nitriles is 1. The van der Waals surface area contributed by atoms with Crippen molar-refractivity contribution in [1.82, 2.24) is 0 Å². The molecular weight excluding hydrogens is 232 g/mol. The van der Waals surface area contributed by atoms with Crippen LogP contribution in [0, 0.1) is 11.3 Å². The third-order valence-electron chi connectivity index (χ3n) is 2.75. The van der Waals surface area contributed by atoms with E-state index in [2.05, 4.69) is 35.2 Å². The first-order chi connectivity index (χ1) is 9.42. The van der Waals surface area contributed by atoms with Gasteiger partial charge < -0.3 is 4.90 Å². The Morgan fingerprint density at radius 1 is 0.895 bits per heavy atom. The number of nitrogens with zero attached hydrogens (tertiary/aromatic N) is 2. The lowest BCUT2D eigenvalue weighted by atomic mass is 10.2. The molecule has 19 heavy (non-hydrogen) atoms. The van der Waals surface area contributed by atoms with Gasteiger partial charge in [0.05, 0.1) is 6.07 Å². The molecule has 0 radical (unpaired) electrons. The number of para-hydroxylation sites is 2. The van der Waals surface area contributed by atoms with Crippen LogP contribution in [0.15, 0.2) is 72.9 Å². The SMILES string of the molecule is N#CCCC=CN(c1ccccc1)c1ccccc1. The molecule has 2 heteroatoms. The number of rotatable bonds is 5. The van der Waals surface area contributed by atoms with Crippen molar-refractivity contribution in [3.05, 3.63) is 72.9 Å². The summed E-state index contributed by atoms with van der Waals surface area (Å²) in [7, 11) is 0. The normalized spacial score (nSPS) is 10.3. The highest BCUT2D eigenvalue weighted by molar-refractivity contribution is 5.65. The summed E-state index contributed by atoms with van der Waals surface area (Å²) in [5.74, 6) is 0. The molecule has 0 atom stereocenters. The summed E-state index contributed by atoms with van der Waals surface area (Å²) in [5.41, 5.74) is 2.23. The van der Waals surface area contributed by atoms with E-state index in [9.17, 15) is 0 Å². The van der Waals surface area contributed by atoms with E-state index in [0.29, 0.717) is 6.42 Å². The van der Waals surface area contributed by atoms with Crippen LogP contribution in [0.25, 0.3) is 0 Å². The van der Waals surface area contributed by atoms with Gasteiger partial charge in [-0.05, 0) is 30.7 Å². The monoisotopic (exact) mass is 248 g/mol. The fourth-order valence-electron chi connectivity index (χ4n) is 1.83. The van der Waals surface area contributed by atoms with E-state index in [0.717, 1.165) is 17.8 Å². The Morgan fingerprint density at radius 2 is 1.42 bits per heavy atom. The quantitative estimate of drug-likeness (QED) is 0.720. The van der Waals surface area contributed by atoms with Crippen molar-refractivity contribution in [2.45, 2.75) is 12.8 Å². The van der Waals surface area contributed by atoms with Crippen molar-refractivity contribution >= 4 is 11.4 Å². The Balaban J connectivity index is 2.24. The van der Waals surface area contributed by atoms with E-state index in [1.807, 2.05) is 48.7 Å². The predicted molar refractivity (Wildman–Crippen MR) is 79.0 cm³/mol. The van der Waals surface area contributed by atoms with Crippen LogP contribution in [0.2, 0.25) is 0 Å². The molecule has 0 aliphatic heterocycles. The van der Waals surface area contributed by atoms with E-state index in [4.69, 9.17) is 5.26 Å². The molecule has 2 aromatic rings. The smallest absolute Gasteiger partial charge is 0.0625 e. The average molecular weight is 248 g/mol. The van der Waals surface area contributed by atoms with Gasteiger partial charge in [0.1, 0.15) is 0 Å². The molecule has 0 bridgehead atoms. The molecule has 2 nitrogen and oxygen atoms in total. The fraction of sp³-hybridized carbons (Fsp3) is 0.118. The Labute approximate surface area is 114 Å². The molecule has 94 valence electrons. The van der Waals surface area contributed by atoms with E-state index < -0.39 is 0 Å². The minimum Gasteiger partial charge on any atom is -0.318 e. The molecule has 0 saturated heterocycles. The molecular formula is C17H16N2. The molecule has 0 aliphatic rings. The zero-order chi connectivity index (χ0) is 13.3. The van der Waals surface area contributed by atoms with Crippen molar-refractivity contribution < 1.29 is 0 Å². The van der Waals surface area contributed by atoms with Gasteiger partial charge in [0.25, 0.3) is 0 Å². The third-order valence-corrected chi connectivity index (χ3v) is 2.75.